The number of allylic oxidation sites excluding steroid dienone is 4. The maximum absolute atomic E-state index is 12.2. The Morgan fingerprint density at radius 2 is 1.90 bits per heavy atom. The molecule has 0 nitrogen and oxygen atoms in total. The van der Waals surface area contributed by atoms with Gasteiger partial charge in [-0.25, -0.2) is 8.78 Å². The predicted octanol–water partition coefficient (Wildman–Crippen LogP) is 2.51. The van der Waals surface area contributed by atoms with Crippen molar-refractivity contribution in [1.82, 2.24) is 0 Å². The summed E-state index contributed by atoms with van der Waals surface area (Å²) in [5, 5.41) is 0. The standard InChI is InChI=1S/C8H6F2/c1-4-6(2)5-8(10)7(3)9/h1,5H,2-3H2/b8-5+. The van der Waals surface area contributed by atoms with E-state index in [9.17, 15) is 8.78 Å². The Hall–Kier alpha value is -1.36. The molecule has 0 aromatic carbocycles. The van der Waals surface area contributed by atoms with E-state index in [1.807, 2.05) is 5.92 Å². The highest BCUT2D eigenvalue weighted by Crippen LogP contribution is 2.11. The van der Waals surface area contributed by atoms with Crippen molar-refractivity contribution in [2.45, 2.75) is 0 Å². The SMILES string of the molecule is C#CC(=C)/C=C(/F)C(=C)F. The Bertz CT molecular complexity index is 228. The van der Waals surface area contributed by atoms with E-state index in [1.165, 1.54) is 0 Å². The molecule has 52 valence electrons. The molecule has 0 saturated heterocycles. The fourth-order valence-electron chi connectivity index (χ4n) is 0.273. The van der Waals surface area contributed by atoms with Crippen molar-refractivity contribution in [3.63, 3.8) is 0 Å². The van der Waals surface area contributed by atoms with Crippen molar-refractivity contribution < 1.29 is 8.78 Å². The summed E-state index contributed by atoms with van der Waals surface area (Å²) in [6.45, 7) is 5.96. The van der Waals surface area contributed by atoms with Crippen LogP contribution < -0.4 is 0 Å². The van der Waals surface area contributed by atoms with Gasteiger partial charge in [0.2, 0.25) is 0 Å². The summed E-state index contributed by atoms with van der Waals surface area (Å²) in [7, 11) is 0. The van der Waals surface area contributed by atoms with Crippen LogP contribution in [0.5, 0.6) is 0 Å². The second-order valence-electron chi connectivity index (χ2n) is 1.57. The van der Waals surface area contributed by atoms with Crippen molar-refractivity contribution in [1.29, 1.82) is 0 Å². The van der Waals surface area contributed by atoms with Gasteiger partial charge in [0.25, 0.3) is 0 Å². The quantitative estimate of drug-likeness (QED) is 0.408. The molecule has 0 radical (unpaired) electrons. The van der Waals surface area contributed by atoms with Gasteiger partial charge in [-0.2, -0.15) is 0 Å². The lowest BCUT2D eigenvalue weighted by molar-refractivity contribution is 0.548. The molecular formula is C8H6F2. The molecule has 10 heavy (non-hydrogen) atoms. The van der Waals surface area contributed by atoms with Crippen molar-refractivity contribution in [3.8, 4) is 12.3 Å². The molecule has 0 N–H and O–H groups in total. The highest BCUT2D eigenvalue weighted by atomic mass is 19.2. The molecule has 0 spiro atoms. The van der Waals surface area contributed by atoms with Crippen LogP contribution in [-0.2, 0) is 0 Å². The highest BCUT2D eigenvalue weighted by molar-refractivity contribution is 5.37. The van der Waals surface area contributed by atoms with Crippen LogP contribution in [-0.4, -0.2) is 0 Å². The first-order valence-corrected chi connectivity index (χ1v) is 2.45. The molecule has 0 aliphatic rings. The smallest absolute Gasteiger partial charge is 0.159 e. The van der Waals surface area contributed by atoms with Gasteiger partial charge in [-0.1, -0.05) is 19.1 Å². The van der Waals surface area contributed by atoms with Gasteiger partial charge in [-0.3, -0.25) is 0 Å². The van der Waals surface area contributed by atoms with Gasteiger partial charge in [-0.05, 0) is 6.08 Å². The second-order valence-corrected chi connectivity index (χ2v) is 1.57. The van der Waals surface area contributed by atoms with E-state index >= 15 is 0 Å². The molecule has 0 aliphatic carbocycles. The van der Waals surface area contributed by atoms with Crippen LogP contribution in [0.4, 0.5) is 8.78 Å². The topological polar surface area (TPSA) is 0 Å². The highest BCUT2D eigenvalue weighted by Gasteiger charge is 1.97. The Kier molecular flexibility index (Phi) is 3.13. The van der Waals surface area contributed by atoms with Crippen LogP contribution in [0, 0.1) is 12.3 Å². The summed E-state index contributed by atoms with van der Waals surface area (Å²) in [4.78, 5) is 0. The van der Waals surface area contributed by atoms with Crippen LogP contribution in [0.15, 0.2) is 36.5 Å². The van der Waals surface area contributed by atoms with E-state index in [0.717, 1.165) is 6.08 Å². The molecule has 0 amide bonds. The van der Waals surface area contributed by atoms with E-state index in [1.54, 1.807) is 0 Å². The first-order chi connectivity index (χ1) is 4.57. The summed E-state index contributed by atoms with van der Waals surface area (Å²) >= 11 is 0. The number of rotatable bonds is 2. The van der Waals surface area contributed by atoms with Crippen molar-refractivity contribution in [2.75, 3.05) is 0 Å². The monoisotopic (exact) mass is 140 g/mol. The van der Waals surface area contributed by atoms with Crippen LogP contribution in [0.1, 0.15) is 0 Å². The Morgan fingerprint density at radius 1 is 1.40 bits per heavy atom. The molecule has 2 heteroatoms. The van der Waals surface area contributed by atoms with E-state index in [-0.39, 0.29) is 5.57 Å². The fraction of sp³-hybridized carbons (Fsp3) is 0. The Morgan fingerprint density at radius 3 is 2.20 bits per heavy atom. The third kappa shape index (κ3) is 2.83. The molecular weight excluding hydrogens is 134 g/mol. The van der Waals surface area contributed by atoms with Crippen molar-refractivity contribution >= 4 is 0 Å². The number of hydrogen-bond acceptors (Lipinski definition) is 0. The largest absolute Gasteiger partial charge is 0.204 e. The van der Waals surface area contributed by atoms with Gasteiger partial charge in [0.1, 0.15) is 0 Å². The average Bonchev–Trinajstić information content (AvgIpc) is 1.87. The molecule has 0 fully saturated rings. The number of hydrogen-bond donors (Lipinski definition) is 0. The minimum atomic E-state index is -1.14. The lowest BCUT2D eigenvalue weighted by Gasteiger charge is -1.88. The normalized spacial score (nSPS) is 10.3. The molecule has 0 rings (SSSR count). The summed E-state index contributed by atoms with van der Waals surface area (Å²) in [5.74, 6) is -0.191. The molecule has 0 atom stereocenters. The zero-order chi connectivity index (χ0) is 8.15. The second kappa shape index (κ2) is 3.62. The van der Waals surface area contributed by atoms with E-state index in [4.69, 9.17) is 6.42 Å². The summed E-state index contributed by atoms with van der Waals surface area (Å²) in [6, 6.07) is 0. The first kappa shape index (κ1) is 8.64. The number of halogens is 2. The molecule has 0 heterocycles. The van der Waals surface area contributed by atoms with Gasteiger partial charge in [-0.15, -0.1) is 6.42 Å². The third-order valence-corrected chi connectivity index (χ3v) is 0.745. The lowest BCUT2D eigenvalue weighted by Crippen LogP contribution is -1.74. The van der Waals surface area contributed by atoms with Crippen molar-refractivity contribution in [3.05, 3.63) is 36.5 Å². The predicted molar refractivity (Wildman–Crippen MR) is 37.4 cm³/mol. The maximum Gasteiger partial charge on any atom is 0.159 e. The lowest BCUT2D eigenvalue weighted by atomic mass is 10.3. The minimum Gasteiger partial charge on any atom is -0.204 e. The van der Waals surface area contributed by atoms with Crippen LogP contribution in [0.3, 0.4) is 0 Å². The average molecular weight is 140 g/mol. The van der Waals surface area contributed by atoms with Crippen LogP contribution in [0.2, 0.25) is 0 Å². The molecule has 0 unspecified atom stereocenters. The molecule has 0 bridgehead atoms. The van der Waals surface area contributed by atoms with Gasteiger partial charge < -0.3 is 0 Å². The van der Waals surface area contributed by atoms with Gasteiger partial charge in [0.05, 0.1) is 0 Å². The molecule has 0 saturated carbocycles. The fourth-order valence-corrected chi connectivity index (χ4v) is 0.273. The summed E-state index contributed by atoms with van der Waals surface area (Å²) < 4.78 is 24.0. The van der Waals surface area contributed by atoms with Crippen molar-refractivity contribution in [2.24, 2.45) is 0 Å². The van der Waals surface area contributed by atoms with E-state index < -0.39 is 11.7 Å². The molecule has 0 aromatic heterocycles. The Balaban J connectivity index is 4.35. The number of terminal acetylenes is 1. The molecule has 0 aromatic rings. The maximum atomic E-state index is 12.2. The van der Waals surface area contributed by atoms with Gasteiger partial charge in [0, 0.05) is 5.57 Å². The van der Waals surface area contributed by atoms with Gasteiger partial charge in [0.15, 0.2) is 11.7 Å². The zero-order valence-corrected chi connectivity index (χ0v) is 5.32. The summed E-state index contributed by atoms with van der Waals surface area (Å²) in [6.07, 6.45) is 5.62. The Labute approximate surface area is 58.6 Å². The van der Waals surface area contributed by atoms with Crippen LogP contribution >= 0.6 is 0 Å². The van der Waals surface area contributed by atoms with E-state index in [2.05, 4.69) is 13.2 Å². The first-order valence-electron chi connectivity index (χ1n) is 2.45. The van der Waals surface area contributed by atoms with E-state index in [0.29, 0.717) is 0 Å². The molecule has 0 aliphatic heterocycles. The minimum absolute atomic E-state index is 0.0799. The van der Waals surface area contributed by atoms with Crippen LogP contribution in [0.25, 0.3) is 0 Å². The van der Waals surface area contributed by atoms with Gasteiger partial charge >= 0.3 is 0 Å². The zero-order valence-electron chi connectivity index (χ0n) is 5.32. The third-order valence-electron chi connectivity index (χ3n) is 0.745. The summed E-state index contributed by atoms with van der Waals surface area (Å²) in [5.41, 5.74) is 0.0799.